The molecule has 0 aliphatic carbocycles. The van der Waals surface area contributed by atoms with E-state index >= 15 is 0 Å². The molecule has 0 aromatic heterocycles. The first-order valence-electron chi connectivity index (χ1n) is 6.68. The van der Waals surface area contributed by atoms with Crippen molar-refractivity contribution in [2.75, 3.05) is 12.4 Å². The van der Waals surface area contributed by atoms with Crippen LogP contribution in [-0.4, -0.2) is 18.9 Å². The van der Waals surface area contributed by atoms with Crippen LogP contribution in [0.2, 0.25) is 10.0 Å². The Balaban J connectivity index is 1.98. The maximum atomic E-state index is 11.9. The third-order valence-corrected chi connectivity index (χ3v) is 3.86. The number of hydrogen-bond acceptors (Lipinski definition) is 3. The predicted octanol–water partition coefficient (Wildman–Crippen LogP) is 3.26. The van der Waals surface area contributed by atoms with Crippen LogP contribution in [0.15, 0.2) is 42.5 Å². The SMILES string of the molecule is COc1ccccc1CNC(=O)C(=O)Nc1cccc(Cl)c1Cl. The summed E-state index contributed by atoms with van der Waals surface area (Å²) in [6, 6.07) is 12.0. The van der Waals surface area contributed by atoms with Gasteiger partial charge < -0.3 is 15.4 Å². The smallest absolute Gasteiger partial charge is 0.313 e. The minimum Gasteiger partial charge on any atom is -0.496 e. The first kappa shape index (κ1) is 17.1. The van der Waals surface area contributed by atoms with Crippen LogP contribution in [0.1, 0.15) is 5.56 Å². The Labute approximate surface area is 143 Å². The van der Waals surface area contributed by atoms with Crippen LogP contribution in [0, 0.1) is 0 Å². The van der Waals surface area contributed by atoms with E-state index in [2.05, 4.69) is 10.6 Å². The maximum absolute atomic E-state index is 11.9. The molecule has 0 bridgehead atoms. The second kappa shape index (κ2) is 7.85. The van der Waals surface area contributed by atoms with E-state index < -0.39 is 11.8 Å². The molecule has 0 fully saturated rings. The molecule has 0 aliphatic heterocycles. The van der Waals surface area contributed by atoms with E-state index in [0.29, 0.717) is 10.8 Å². The lowest BCUT2D eigenvalue weighted by Gasteiger charge is -2.10. The second-order valence-corrected chi connectivity index (χ2v) is 5.34. The van der Waals surface area contributed by atoms with Crippen LogP contribution in [0.5, 0.6) is 5.75 Å². The number of benzene rings is 2. The van der Waals surface area contributed by atoms with Gasteiger partial charge in [0.25, 0.3) is 0 Å². The Morgan fingerprint density at radius 2 is 1.78 bits per heavy atom. The van der Waals surface area contributed by atoms with Crippen LogP contribution in [0.3, 0.4) is 0 Å². The summed E-state index contributed by atoms with van der Waals surface area (Å²) in [5.41, 5.74) is 1.04. The Morgan fingerprint density at radius 1 is 1.04 bits per heavy atom. The molecule has 2 rings (SSSR count). The van der Waals surface area contributed by atoms with Gasteiger partial charge in [0.2, 0.25) is 0 Å². The highest BCUT2D eigenvalue weighted by molar-refractivity contribution is 6.45. The quantitative estimate of drug-likeness (QED) is 0.830. The predicted molar refractivity (Wildman–Crippen MR) is 89.9 cm³/mol. The lowest BCUT2D eigenvalue weighted by atomic mass is 10.2. The van der Waals surface area contributed by atoms with Crippen molar-refractivity contribution in [3.8, 4) is 5.75 Å². The van der Waals surface area contributed by atoms with Crippen LogP contribution in [0.4, 0.5) is 5.69 Å². The molecule has 0 aliphatic rings. The van der Waals surface area contributed by atoms with Gasteiger partial charge in [-0.2, -0.15) is 0 Å². The summed E-state index contributed by atoms with van der Waals surface area (Å²) >= 11 is 11.8. The summed E-state index contributed by atoms with van der Waals surface area (Å²) in [4.78, 5) is 23.8. The van der Waals surface area contributed by atoms with E-state index in [-0.39, 0.29) is 17.3 Å². The van der Waals surface area contributed by atoms with Gasteiger partial charge >= 0.3 is 11.8 Å². The van der Waals surface area contributed by atoms with Gasteiger partial charge in [-0.1, -0.05) is 47.5 Å². The van der Waals surface area contributed by atoms with Crippen LogP contribution < -0.4 is 15.4 Å². The molecule has 0 saturated carbocycles. The molecule has 2 amide bonds. The van der Waals surface area contributed by atoms with Crippen molar-refractivity contribution in [3.63, 3.8) is 0 Å². The molecule has 0 unspecified atom stereocenters. The zero-order valence-corrected chi connectivity index (χ0v) is 13.7. The molecule has 0 saturated heterocycles. The number of carbonyl (C=O) groups is 2. The molecule has 0 spiro atoms. The fraction of sp³-hybridized carbons (Fsp3) is 0.125. The Bertz CT molecular complexity index is 735. The number of ether oxygens (including phenoxy) is 1. The summed E-state index contributed by atoms with van der Waals surface area (Å²) in [5, 5.41) is 5.41. The van der Waals surface area contributed by atoms with E-state index in [1.165, 1.54) is 7.11 Å². The summed E-state index contributed by atoms with van der Waals surface area (Å²) in [5.74, 6) is -0.984. The summed E-state index contributed by atoms with van der Waals surface area (Å²) in [7, 11) is 1.54. The molecule has 0 atom stereocenters. The first-order chi connectivity index (χ1) is 11.0. The normalized spacial score (nSPS) is 10.0. The van der Waals surface area contributed by atoms with Gasteiger partial charge in [0.15, 0.2) is 0 Å². The topological polar surface area (TPSA) is 67.4 Å². The number of halogens is 2. The average molecular weight is 353 g/mol. The summed E-state index contributed by atoms with van der Waals surface area (Å²) in [6.45, 7) is 0.166. The van der Waals surface area contributed by atoms with Crippen molar-refractivity contribution >= 4 is 40.7 Å². The summed E-state index contributed by atoms with van der Waals surface area (Å²) in [6.07, 6.45) is 0. The molecule has 23 heavy (non-hydrogen) atoms. The monoisotopic (exact) mass is 352 g/mol. The zero-order valence-electron chi connectivity index (χ0n) is 12.2. The Morgan fingerprint density at radius 3 is 2.52 bits per heavy atom. The molecule has 2 N–H and O–H groups in total. The third kappa shape index (κ3) is 4.37. The highest BCUT2D eigenvalue weighted by Gasteiger charge is 2.16. The van der Waals surface area contributed by atoms with Crippen molar-refractivity contribution in [2.24, 2.45) is 0 Å². The number of hydrogen-bond donors (Lipinski definition) is 2. The molecule has 0 radical (unpaired) electrons. The number of nitrogens with one attached hydrogen (secondary N) is 2. The molecule has 2 aromatic carbocycles. The minimum atomic E-state index is -0.830. The fourth-order valence-electron chi connectivity index (χ4n) is 1.88. The average Bonchev–Trinajstić information content (AvgIpc) is 2.57. The molecular weight excluding hydrogens is 339 g/mol. The molecule has 0 heterocycles. The summed E-state index contributed by atoms with van der Waals surface area (Å²) < 4.78 is 5.18. The Kier molecular flexibility index (Phi) is 5.84. The van der Waals surface area contributed by atoms with E-state index in [1.807, 2.05) is 12.1 Å². The lowest BCUT2D eigenvalue weighted by Crippen LogP contribution is -2.35. The highest BCUT2D eigenvalue weighted by atomic mass is 35.5. The zero-order chi connectivity index (χ0) is 16.8. The van der Waals surface area contributed by atoms with Crippen molar-refractivity contribution in [1.82, 2.24) is 5.32 Å². The van der Waals surface area contributed by atoms with Gasteiger partial charge in [-0.05, 0) is 18.2 Å². The van der Waals surface area contributed by atoms with E-state index in [0.717, 1.165) is 5.56 Å². The van der Waals surface area contributed by atoms with E-state index in [9.17, 15) is 9.59 Å². The minimum absolute atomic E-state index is 0.166. The van der Waals surface area contributed by atoms with E-state index in [1.54, 1.807) is 30.3 Å². The molecule has 120 valence electrons. The van der Waals surface area contributed by atoms with Crippen molar-refractivity contribution in [2.45, 2.75) is 6.54 Å². The largest absolute Gasteiger partial charge is 0.496 e. The third-order valence-electron chi connectivity index (χ3n) is 3.04. The first-order valence-corrected chi connectivity index (χ1v) is 7.43. The fourth-order valence-corrected chi connectivity index (χ4v) is 2.23. The number of amides is 2. The van der Waals surface area contributed by atoms with Gasteiger partial charge in [-0.15, -0.1) is 0 Å². The van der Waals surface area contributed by atoms with Gasteiger partial charge in [-0.25, -0.2) is 0 Å². The van der Waals surface area contributed by atoms with E-state index in [4.69, 9.17) is 27.9 Å². The highest BCUT2D eigenvalue weighted by Crippen LogP contribution is 2.29. The van der Waals surface area contributed by atoms with Gasteiger partial charge in [-0.3, -0.25) is 9.59 Å². The van der Waals surface area contributed by atoms with Crippen molar-refractivity contribution < 1.29 is 14.3 Å². The van der Waals surface area contributed by atoms with Crippen LogP contribution in [0.25, 0.3) is 0 Å². The maximum Gasteiger partial charge on any atom is 0.313 e. The van der Waals surface area contributed by atoms with Crippen LogP contribution in [-0.2, 0) is 16.1 Å². The standard InChI is InChI=1S/C16H14Cl2N2O3/c1-23-13-8-3-2-5-10(13)9-19-15(21)16(22)20-12-7-4-6-11(17)14(12)18/h2-8H,9H2,1H3,(H,19,21)(H,20,22). The number of para-hydroxylation sites is 1. The molecule has 5 nitrogen and oxygen atoms in total. The van der Waals surface area contributed by atoms with Gasteiger partial charge in [0.1, 0.15) is 5.75 Å². The molecule has 2 aromatic rings. The van der Waals surface area contributed by atoms with Crippen molar-refractivity contribution in [1.29, 1.82) is 0 Å². The van der Waals surface area contributed by atoms with Gasteiger partial charge in [0, 0.05) is 12.1 Å². The number of carbonyl (C=O) groups excluding carboxylic acids is 2. The van der Waals surface area contributed by atoms with Crippen molar-refractivity contribution in [3.05, 3.63) is 58.1 Å². The number of anilines is 1. The molecule has 7 heteroatoms. The number of rotatable bonds is 4. The van der Waals surface area contributed by atoms with Gasteiger partial charge in [0.05, 0.1) is 22.8 Å². The number of methoxy groups -OCH3 is 1. The lowest BCUT2D eigenvalue weighted by molar-refractivity contribution is -0.136. The second-order valence-electron chi connectivity index (χ2n) is 4.55. The molecular formula is C16H14Cl2N2O3. The van der Waals surface area contributed by atoms with Crippen LogP contribution >= 0.6 is 23.2 Å². The Hall–Kier alpha value is -2.24.